The van der Waals surface area contributed by atoms with Gasteiger partial charge in [-0.1, -0.05) is 36.4 Å². The number of nitrogens with zero attached hydrogens (tertiary/aromatic N) is 1. The van der Waals surface area contributed by atoms with Gasteiger partial charge < -0.3 is 9.84 Å². The Bertz CT molecular complexity index is 854. The fraction of sp³-hybridized carbons (Fsp3) is 0.263. The van der Waals surface area contributed by atoms with Gasteiger partial charge in [-0.2, -0.15) is 5.06 Å². The fourth-order valence-corrected chi connectivity index (χ4v) is 3.55. The maximum absolute atomic E-state index is 12.3. The number of hydrogen-bond acceptors (Lipinski definition) is 6. The molecule has 0 bridgehead atoms. The summed E-state index contributed by atoms with van der Waals surface area (Å²) in [5, 5.41) is 14.1. The molecule has 0 aliphatic carbocycles. The molecule has 2 aromatic carbocycles. The predicted molar refractivity (Wildman–Crippen MR) is 90.9 cm³/mol. The average Bonchev–Trinajstić information content (AvgIpc) is 3.13. The van der Waals surface area contributed by atoms with Crippen LogP contribution in [0.25, 0.3) is 0 Å². The number of hydrogen-bond donors (Lipinski definition) is 2. The molecule has 7 heteroatoms. The molecular formula is C19H18N2O5. The number of hydroxylamine groups is 2. The van der Waals surface area contributed by atoms with Crippen LogP contribution in [0.4, 0.5) is 0 Å². The van der Waals surface area contributed by atoms with E-state index in [2.05, 4.69) is 5.32 Å². The van der Waals surface area contributed by atoms with Crippen molar-refractivity contribution in [1.82, 2.24) is 10.4 Å². The molecule has 0 spiro atoms. The quantitative estimate of drug-likeness (QED) is 0.810. The minimum Gasteiger partial charge on any atom is -0.504 e. The van der Waals surface area contributed by atoms with Crippen LogP contribution in [0.15, 0.2) is 48.5 Å². The van der Waals surface area contributed by atoms with E-state index in [0.717, 1.165) is 5.56 Å². The van der Waals surface area contributed by atoms with Gasteiger partial charge in [0.25, 0.3) is 5.91 Å². The van der Waals surface area contributed by atoms with E-state index in [1.54, 1.807) is 23.3 Å². The van der Waals surface area contributed by atoms with Gasteiger partial charge in [-0.25, -0.2) is 0 Å². The lowest BCUT2D eigenvalue weighted by molar-refractivity contribution is -0.178. The summed E-state index contributed by atoms with van der Waals surface area (Å²) >= 11 is 0. The second kappa shape index (κ2) is 6.44. The van der Waals surface area contributed by atoms with Crippen LogP contribution in [-0.2, 0) is 21.0 Å². The Kier molecular flexibility index (Phi) is 4.10. The average molecular weight is 354 g/mol. The molecule has 2 aromatic rings. The maximum atomic E-state index is 12.3. The summed E-state index contributed by atoms with van der Waals surface area (Å²) < 4.78 is 5.08. The second-order valence-electron chi connectivity index (χ2n) is 6.34. The Labute approximate surface area is 150 Å². The highest BCUT2D eigenvalue weighted by molar-refractivity contribution is 6.07. The van der Waals surface area contributed by atoms with Gasteiger partial charge in [0.05, 0.1) is 19.1 Å². The summed E-state index contributed by atoms with van der Waals surface area (Å²) in [6.07, 6.45) is -0.861. The number of carbonyl (C=O) groups is 2. The van der Waals surface area contributed by atoms with Crippen LogP contribution in [0.3, 0.4) is 0 Å². The largest absolute Gasteiger partial charge is 0.504 e. The molecule has 0 saturated carbocycles. The Morgan fingerprint density at radius 2 is 1.92 bits per heavy atom. The van der Waals surface area contributed by atoms with E-state index in [1.807, 2.05) is 30.3 Å². The molecule has 3 unspecified atom stereocenters. The molecule has 2 amide bonds. The number of fused-ring (bicyclic) bond motifs is 1. The fourth-order valence-electron chi connectivity index (χ4n) is 3.55. The van der Waals surface area contributed by atoms with E-state index in [0.29, 0.717) is 17.9 Å². The van der Waals surface area contributed by atoms with Crippen LogP contribution >= 0.6 is 0 Å². The SMILES string of the molecule is COc1ccc(C2C3C(=O)NC(=O)C3ON2Cc2ccccc2)cc1O. The number of benzene rings is 2. The first-order valence-corrected chi connectivity index (χ1v) is 8.27. The van der Waals surface area contributed by atoms with Crippen molar-refractivity contribution in [2.75, 3.05) is 7.11 Å². The molecule has 2 saturated heterocycles. The molecule has 2 heterocycles. The monoisotopic (exact) mass is 354 g/mol. The third-order valence-electron chi connectivity index (χ3n) is 4.76. The topological polar surface area (TPSA) is 88.1 Å². The number of phenolic OH excluding ortho intramolecular Hbond substituents is 1. The van der Waals surface area contributed by atoms with E-state index in [9.17, 15) is 14.7 Å². The predicted octanol–water partition coefficient (Wildman–Crippen LogP) is 1.53. The minimum absolute atomic E-state index is 0.0298. The molecule has 2 fully saturated rings. The molecule has 2 aliphatic heterocycles. The first-order chi connectivity index (χ1) is 12.6. The van der Waals surface area contributed by atoms with Crippen LogP contribution in [0, 0.1) is 5.92 Å². The highest BCUT2D eigenvalue weighted by Crippen LogP contribution is 2.44. The molecule has 2 aliphatic rings. The molecule has 7 nitrogen and oxygen atoms in total. The third-order valence-corrected chi connectivity index (χ3v) is 4.76. The first-order valence-electron chi connectivity index (χ1n) is 8.27. The van der Waals surface area contributed by atoms with Crippen LogP contribution in [0.5, 0.6) is 11.5 Å². The van der Waals surface area contributed by atoms with E-state index >= 15 is 0 Å². The molecule has 2 N–H and O–H groups in total. The lowest BCUT2D eigenvalue weighted by Crippen LogP contribution is -2.33. The molecule has 0 radical (unpaired) electrons. The summed E-state index contributed by atoms with van der Waals surface area (Å²) in [7, 11) is 1.47. The molecule has 26 heavy (non-hydrogen) atoms. The van der Waals surface area contributed by atoms with Gasteiger partial charge in [0.15, 0.2) is 17.6 Å². The number of phenols is 1. The van der Waals surface area contributed by atoms with Gasteiger partial charge in [0.2, 0.25) is 5.91 Å². The number of nitrogens with one attached hydrogen (secondary N) is 1. The van der Waals surface area contributed by atoms with Crippen LogP contribution in [-0.4, -0.2) is 35.2 Å². The van der Waals surface area contributed by atoms with Gasteiger partial charge in [-0.05, 0) is 23.3 Å². The van der Waals surface area contributed by atoms with Gasteiger partial charge in [-0.15, -0.1) is 0 Å². The Morgan fingerprint density at radius 3 is 2.62 bits per heavy atom. The number of ether oxygens (including phenoxy) is 1. The highest BCUT2D eigenvalue weighted by Gasteiger charge is 2.56. The number of carbonyl (C=O) groups excluding carboxylic acids is 2. The zero-order chi connectivity index (χ0) is 18.3. The molecule has 134 valence electrons. The van der Waals surface area contributed by atoms with Crippen LogP contribution < -0.4 is 10.1 Å². The number of amides is 2. The maximum Gasteiger partial charge on any atom is 0.258 e. The zero-order valence-electron chi connectivity index (χ0n) is 14.1. The third kappa shape index (κ3) is 2.71. The van der Waals surface area contributed by atoms with Crippen molar-refractivity contribution in [3.63, 3.8) is 0 Å². The summed E-state index contributed by atoms with van der Waals surface area (Å²) in [6, 6.07) is 14.1. The summed E-state index contributed by atoms with van der Waals surface area (Å²) in [4.78, 5) is 30.2. The van der Waals surface area contributed by atoms with Crippen molar-refractivity contribution in [3.8, 4) is 11.5 Å². The Morgan fingerprint density at radius 1 is 1.15 bits per heavy atom. The zero-order valence-corrected chi connectivity index (χ0v) is 14.1. The second-order valence-corrected chi connectivity index (χ2v) is 6.34. The van der Waals surface area contributed by atoms with Gasteiger partial charge in [-0.3, -0.25) is 19.7 Å². The lowest BCUT2D eigenvalue weighted by atomic mass is 9.90. The standard InChI is InChI=1S/C19H18N2O5/c1-25-14-8-7-12(9-13(14)22)16-15-17(19(24)20-18(15)23)26-21(16)10-11-5-3-2-4-6-11/h2-9,15-17,22H,10H2,1H3,(H,20,23,24). The molecular weight excluding hydrogens is 336 g/mol. The van der Waals surface area contributed by atoms with Gasteiger partial charge >= 0.3 is 0 Å². The van der Waals surface area contributed by atoms with Gasteiger partial charge in [0.1, 0.15) is 0 Å². The summed E-state index contributed by atoms with van der Waals surface area (Å²) in [6.45, 7) is 0.409. The van der Waals surface area contributed by atoms with Crippen molar-refractivity contribution in [1.29, 1.82) is 0 Å². The normalized spacial score (nSPS) is 25.2. The van der Waals surface area contributed by atoms with Crippen LogP contribution in [0.1, 0.15) is 17.2 Å². The van der Waals surface area contributed by atoms with E-state index in [4.69, 9.17) is 9.57 Å². The Balaban J connectivity index is 1.72. The smallest absolute Gasteiger partial charge is 0.258 e. The molecule has 3 atom stereocenters. The highest BCUT2D eigenvalue weighted by atomic mass is 16.7. The summed E-state index contributed by atoms with van der Waals surface area (Å²) in [5.74, 6) is -1.16. The van der Waals surface area contributed by atoms with E-state index in [1.165, 1.54) is 7.11 Å². The van der Waals surface area contributed by atoms with Crippen molar-refractivity contribution >= 4 is 11.8 Å². The molecule has 4 rings (SSSR count). The van der Waals surface area contributed by atoms with Crippen LogP contribution in [0.2, 0.25) is 0 Å². The number of methoxy groups -OCH3 is 1. The van der Waals surface area contributed by atoms with Crippen molar-refractivity contribution in [2.24, 2.45) is 5.92 Å². The van der Waals surface area contributed by atoms with Crippen molar-refractivity contribution < 1.29 is 24.3 Å². The number of aromatic hydroxyl groups is 1. The minimum atomic E-state index is -0.861. The van der Waals surface area contributed by atoms with E-state index in [-0.39, 0.29) is 11.7 Å². The number of imide groups is 1. The number of rotatable bonds is 4. The van der Waals surface area contributed by atoms with Crippen molar-refractivity contribution in [3.05, 3.63) is 59.7 Å². The first kappa shape index (κ1) is 16.6. The molecule has 0 aromatic heterocycles. The van der Waals surface area contributed by atoms with E-state index < -0.39 is 24.0 Å². The lowest BCUT2D eigenvalue weighted by Gasteiger charge is -2.25. The Hall–Kier alpha value is -2.90. The van der Waals surface area contributed by atoms with Crippen molar-refractivity contribution in [2.45, 2.75) is 18.7 Å². The van der Waals surface area contributed by atoms with Gasteiger partial charge in [0, 0.05) is 6.54 Å². The summed E-state index contributed by atoms with van der Waals surface area (Å²) in [5.41, 5.74) is 1.67.